The number of nitrogens with one attached hydrogen (secondary N) is 1. The third-order valence-corrected chi connectivity index (χ3v) is 7.80. The minimum atomic E-state index is -4.69. The summed E-state index contributed by atoms with van der Waals surface area (Å²) in [5.41, 5.74) is 3.59. The SMILES string of the molecule is CCCN(CCC)C(=O)C1(C[C@@H](O)CNCc2cc(F)cc(C(F)(F)F)c2)CC=C[C@@](Cc2ccccc2)(C(N)=O)C1. The number of aliphatic hydroxyl groups excluding tert-OH is 1. The lowest BCUT2D eigenvalue weighted by molar-refractivity contribution is -0.148. The molecule has 10 heteroatoms. The zero-order chi connectivity index (χ0) is 31.0. The van der Waals surface area contributed by atoms with Crippen LogP contribution in [0, 0.1) is 16.6 Å². The Morgan fingerprint density at radius 2 is 1.74 bits per heavy atom. The number of hydrogen-bond donors (Lipinski definition) is 3. The van der Waals surface area contributed by atoms with Crippen molar-refractivity contribution < 1.29 is 32.3 Å². The molecule has 2 aromatic rings. The van der Waals surface area contributed by atoms with E-state index in [2.05, 4.69) is 5.32 Å². The van der Waals surface area contributed by atoms with Crippen LogP contribution in [0.1, 0.15) is 62.6 Å². The number of primary amides is 1. The quantitative estimate of drug-likeness (QED) is 0.203. The first kappa shape index (κ1) is 33.3. The molecular formula is C32H41F4N3O3. The summed E-state index contributed by atoms with van der Waals surface area (Å²) in [5.74, 6) is -1.72. The number of halogens is 4. The zero-order valence-corrected chi connectivity index (χ0v) is 24.2. The summed E-state index contributed by atoms with van der Waals surface area (Å²) in [4.78, 5) is 29.0. The molecule has 0 fully saturated rings. The number of nitrogens with two attached hydrogens (primary N) is 1. The van der Waals surface area contributed by atoms with Gasteiger partial charge in [-0.15, -0.1) is 0 Å². The van der Waals surface area contributed by atoms with Crippen molar-refractivity contribution in [1.82, 2.24) is 10.2 Å². The van der Waals surface area contributed by atoms with Gasteiger partial charge in [0.2, 0.25) is 11.8 Å². The van der Waals surface area contributed by atoms with Crippen molar-refractivity contribution in [3.8, 4) is 0 Å². The van der Waals surface area contributed by atoms with E-state index in [4.69, 9.17) is 5.73 Å². The molecule has 1 aliphatic rings. The van der Waals surface area contributed by atoms with E-state index < -0.39 is 40.4 Å². The van der Waals surface area contributed by atoms with Gasteiger partial charge in [-0.25, -0.2) is 4.39 Å². The van der Waals surface area contributed by atoms with Gasteiger partial charge in [-0.2, -0.15) is 13.2 Å². The van der Waals surface area contributed by atoms with Crippen molar-refractivity contribution >= 4 is 11.8 Å². The smallest absolute Gasteiger partial charge is 0.392 e. The molecule has 0 spiro atoms. The largest absolute Gasteiger partial charge is 0.416 e. The highest BCUT2D eigenvalue weighted by atomic mass is 19.4. The van der Waals surface area contributed by atoms with E-state index in [1.165, 1.54) is 0 Å². The topological polar surface area (TPSA) is 95.7 Å². The molecule has 0 saturated heterocycles. The van der Waals surface area contributed by atoms with Crippen molar-refractivity contribution in [2.75, 3.05) is 19.6 Å². The highest BCUT2D eigenvalue weighted by Crippen LogP contribution is 2.48. The van der Waals surface area contributed by atoms with E-state index in [9.17, 15) is 32.3 Å². The van der Waals surface area contributed by atoms with Crippen molar-refractivity contribution in [1.29, 1.82) is 0 Å². The number of hydrogen-bond acceptors (Lipinski definition) is 4. The van der Waals surface area contributed by atoms with Gasteiger partial charge in [0.25, 0.3) is 0 Å². The minimum absolute atomic E-state index is 0.00781. The molecule has 0 aromatic heterocycles. The first-order valence-corrected chi connectivity index (χ1v) is 14.4. The normalized spacial score (nSPS) is 21.2. The number of carbonyl (C=O) groups excluding carboxylic acids is 2. The molecule has 3 atom stereocenters. The fourth-order valence-electron chi connectivity index (χ4n) is 6.00. The van der Waals surface area contributed by atoms with Crippen LogP contribution in [0.15, 0.2) is 60.7 Å². The molecular weight excluding hydrogens is 550 g/mol. The third-order valence-electron chi connectivity index (χ3n) is 7.80. The number of allylic oxidation sites excluding steroid dienone is 1. The summed E-state index contributed by atoms with van der Waals surface area (Å²) in [6, 6.07) is 11.7. The monoisotopic (exact) mass is 591 g/mol. The molecule has 0 radical (unpaired) electrons. The van der Waals surface area contributed by atoms with Crippen LogP contribution >= 0.6 is 0 Å². The number of aliphatic hydroxyl groups is 1. The third kappa shape index (κ3) is 8.41. The van der Waals surface area contributed by atoms with E-state index in [-0.39, 0.29) is 37.4 Å². The molecule has 0 bridgehead atoms. The van der Waals surface area contributed by atoms with Crippen LogP contribution in [0.25, 0.3) is 0 Å². The Morgan fingerprint density at radius 3 is 2.33 bits per heavy atom. The van der Waals surface area contributed by atoms with Crippen molar-refractivity contribution in [2.45, 2.75) is 71.2 Å². The number of alkyl halides is 3. The molecule has 1 aliphatic carbocycles. The Hall–Kier alpha value is -3.24. The van der Waals surface area contributed by atoms with E-state index in [0.29, 0.717) is 32.0 Å². The fourth-order valence-corrected chi connectivity index (χ4v) is 6.00. The van der Waals surface area contributed by atoms with Gasteiger partial charge in [-0.05, 0) is 67.9 Å². The molecule has 3 rings (SSSR count). The number of carbonyl (C=O) groups is 2. The summed E-state index contributed by atoms with van der Waals surface area (Å²) < 4.78 is 53.1. The molecule has 2 aromatic carbocycles. The van der Waals surface area contributed by atoms with Gasteiger partial charge in [0.05, 0.1) is 22.5 Å². The van der Waals surface area contributed by atoms with Crippen LogP contribution in [-0.2, 0) is 28.7 Å². The Balaban J connectivity index is 1.86. The van der Waals surface area contributed by atoms with Gasteiger partial charge in [-0.1, -0.05) is 56.3 Å². The average molecular weight is 592 g/mol. The average Bonchev–Trinajstić information content (AvgIpc) is 2.92. The fraction of sp³-hybridized carbons (Fsp3) is 0.500. The second kappa shape index (κ2) is 14.3. The van der Waals surface area contributed by atoms with Crippen LogP contribution in [0.3, 0.4) is 0 Å². The lowest BCUT2D eigenvalue weighted by atomic mass is 9.60. The summed E-state index contributed by atoms with van der Waals surface area (Å²) >= 11 is 0. The highest BCUT2D eigenvalue weighted by molar-refractivity contribution is 5.88. The maximum atomic E-state index is 14.2. The molecule has 6 nitrogen and oxygen atoms in total. The summed E-state index contributed by atoms with van der Waals surface area (Å²) in [7, 11) is 0. The minimum Gasteiger partial charge on any atom is -0.392 e. The number of amides is 2. The number of benzene rings is 2. The second-order valence-corrected chi connectivity index (χ2v) is 11.4. The number of rotatable bonds is 14. The van der Waals surface area contributed by atoms with E-state index in [1.54, 1.807) is 17.1 Å². The predicted octanol–water partition coefficient (Wildman–Crippen LogP) is 5.38. The molecule has 2 amide bonds. The van der Waals surface area contributed by atoms with Gasteiger partial charge in [-0.3, -0.25) is 9.59 Å². The lowest BCUT2D eigenvalue weighted by Crippen LogP contribution is -2.53. The maximum absolute atomic E-state index is 14.2. The highest BCUT2D eigenvalue weighted by Gasteiger charge is 2.51. The molecule has 42 heavy (non-hydrogen) atoms. The summed E-state index contributed by atoms with van der Waals surface area (Å²) in [5, 5.41) is 14.0. The van der Waals surface area contributed by atoms with E-state index in [0.717, 1.165) is 30.5 Å². The molecule has 1 unspecified atom stereocenters. The van der Waals surface area contributed by atoms with Crippen LogP contribution in [0.2, 0.25) is 0 Å². The molecule has 0 heterocycles. The van der Waals surface area contributed by atoms with Crippen LogP contribution in [0.4, 0.5) is 17.6 Å². The summed E-state index contributed by atoms with van der Waals surface area (Å²) in [6.07, 6.45) is 0.00679. The van der Waals surface area contributed by atoms with Gasteiger partial charge < -0.3 is 21.1 Å². The first-order chi connectivity index (χ1) is 19.8. The van der Waals surface area contributed by atoms with Gasteiger partial charge in [0.1, 0.15) is 5.82 Å². The second-order valence-electron chi connectivity index (χ2n) is 11.4. The van der Waals surface area contributed by atoms with Gasteiger partial charge in [0.15, 0.2) is 0 Å². The Kier molecular flexibility index (Phi) is 11.3. The Bertz CT molecular complexity index is 1230. The summed E-state index contributed by atoms with van der Waals surface area (Å²) in [6.45, 7) is 4.83. The van der Waals surface area contributed by atoms with Gasteiger partial charge in [0, 0.05) is 26.2 Å². The standard InChI is InChI=1S/C32H41F4N3O3/c1-3-13-39(14-4-2)29(42)31(12-8-11-30(22-31,28(37)41)18-23-9-6-5-7-10-23)19-27(40)21-38-20-24-15-25(32(34,35)36)17-26(33)16-24/h5-11,15-17,27,38,40H,3-4,12-14,18-22H2,1-2H3,(H2,37,41)/t27-,30+,31?/m1/s1. The first-order valence-electron chi connectivity index (χ1n) is 14.4. The van der Waals surface area contributed by atoms with E-state index >= 15 is 0 Å². The Labute approximate surface area is 245 Å². The van der Waals surface area contributed by atoms with Crippen LogP contribution in [0.5, 0.6) is 0 Å². The van der Waals surface area contributed by atoms with Gasteiger partial charge >= 0.3 is 6.18 Å². The van der Waals surface area contributed by atoms with Crippen LogP contribution in [-0.4, -0.2) is 47.6 Å². The molecule has 0 saturated carbocycles. The molecule has 4 N–H and O–H groups in total. The van der Waals surface area contributed by atoms with Crippen LogP contribution < -0.4 is 11.1 Å². The van der Waals surface area contributed by atoms with E-state index in [1.807, 2.05) is 44.2 Å². The van der Waals surface area contributed by atoms with Crippen molar-refractivity contribution in [3.63, 3.8) is 0 Å². The zero-order valence-electron chi connectivity index (χ0n) is 24.2. The lowest BCUT2D eigenvalue weighted by Gasteiger charge is -2.45. The molecule has 0 aliphatic heterocycles. The molecule has 230 valence electrons. The number of nitrogens with zero attached hydrogens (tertiary/aromatic N) is 1. The Morgan fingerprint density at radius 1 is 1.07 bits per heavy atom. The van der Waals surface area contributed by atoms with Crippen molar-refractivity contribution in [2.24, 2.45) is 16.6 Å². The predicted molar refractivity (Wildman–Crippen MR) is 153 cm³/mol. The van der Waals surface area contributed by atoms with Crippen molar-refractivity contribution in [3.05, 3.63) is 83.2 Å². The maximum Gasteiger partial charge on any atom is 0.416 e.